The monoisotopic (exact) mass is 274 g/mol. The second-order valence-electron chi connectivity index (χ2n) is 5.58. The average molecular weight is 274 g/mol. The predicted molar refractivity (Wildman–Crippen MR) is 77.5 cm³/mol. The van der Waals surface area contributed by atoms with E-state index < -0.39 is 5.82 Å². The second-order valence-corrected chi connectivity index (χ2v) is 5.58. The van der Waals surface area contributed by atoms with E-state index >= 15 is 0 Å². The molecule has 2 nitrogen and oxygen atoms in total. The van der Waals surface area contributed by atoms with Crippen molar-refractivity contribution in [2.24, 2.45) is 5.92 Å². The van der Waals surface area contributed by atoms with Gasteiger partial charge in [0.2, 0.25) is 0 Å². The molecular weight excluding hydrogens is 255 g/mol. The van der Waals surface area contributed by atoms with Gasteiger partial charge in [0.25, 0.3) is 0 Å². The first-order valence-corrected chi connectivity index (χ1v) is 6.74. The van der Waals surface area contributed by atoms with Crippen LogP contribution in [0.2, 0.25) is 0 Å². The summed E-state index contributed by atoms with van der Waals surface area (Å²) in [5, 5.41) is 9.44. The van der Waals surface area contributed by atoms with Crippen molar-refractivity contribution in [1.29, 1.82) is 0 Å². The minimum Gasteiger partial charge on any atom is -0.508 e. The first-order chi connectivity index (χ1) is 9.43. The molecule has 1 N–H and O–H groups in total. The molecule has 1 aliphatic rings. The Bertz CT molecular complexity index is 587. The van der Waals surface area contributed by atoms with Gasteiger partial charge in [-0.05, 0) is 38.7 Å². The summed E-state index contributed by atoms with van der Waals surface area (Å²) in [6.07, 6.45) is 4.49. The molecule has 2 rings (SSSR count). The molecule has 1 aromatic carbocycles. The van der Waals surface area contributed by atoms with E-state index in [0.29, 0.717) is 11.8 Å². The lowest BCUT2D eigenvalue weighted by molar-refractivity contribution is 0.112. The number of hydrogen-bond acceptors (Lipinski definition) is 2. The lowest BCUT2D eigenvalue weighted by Crippen LogP contribution is -2.19. The third-order valence-corrected chi connectivity index (χ3v) is 3.99. The Morgan fingerprint density at radius 2 is 2.20 bits per heavy atom. The molecule has 0 heterocycles. The number of carbonyl (C=O) groups is 1. The summed E-state index contributed by atoms with van der Waals surface area (Å²) < 4.78 is 14.3. The first kappa shape index (κ1) is 14.5. The van der Waals surface area contributed by atoms with Gasteiger partial charge in [-0.25, -0.2) is 4.39 Å². The summed E-state index contributed by atoms with van der Waals surface area (Å²) in [6.45, 7) is 7.94. The number of halogens is 1. The molecular formula is C17H19FO2. The van der Waals surface area contributed by atoms with Gasteiger partial charge in [-0.1, -0.05) is 23.8 Å². The highest BCUT2D eigenvalue weighted by Crippen LogP contribution is 2.42. The van der Waals surface area contributed by atoms with Crippen LogP contribution >= 0.6 is 0 Å². The van der Waals surface area contributed by atoms with Crippen LogP contribution in [0.15, 0.2) is 35.9 Å². The van der Waals surface area contributed by atoms with Gasteiger partial charge in [0.1, 0.15) is 11.6 Å². The number of aromatic hydroxyl groups is 1. The highest BCUT2D eigenvalue weighted by molar-refractivity contribution is 5.79. The van der Waals surface area contributed by atoms with Gasteiger partial charge in [0.05, 0.1) is 0 Å². The zero-order valence-corrected chi connectivity index (χ0v) is 11.8. The Kier molecular flexibility index (Phi) is 4.07. The van der Waals surface area contributed by atoms with Crippen LogP contribution in [0, 0.1) is 11.7 Å². The van der Waals surface area contributed by atoms with E-state index in [-0.39, 0.29) is 23.1 Å². The normalized spacial score (nSPS) is 22.2. The van der Waals surface area contributed by atoms with Gasteiger partial charge in [-0.3, -0.25) is 4.79 Å². The van der Waals surface area contributed by atoms with Gasteiger partial charge in [-0.15, -0.1) is 0 Å². The number of carbonyl (C=O) groups excluding carboxylic acids is 1. The zero-order valence-electron chi connectivity index (χ0n) is 11.8. The molecule has 1 aliphatic carbocycles. The van der Waals surface area contributed by atoms with Crippen molar-refractivity contribution in [3.8, 4) is 5.75 Å². The topological polar surface area (TPSA) is 37.3 Å². The average Bonchev–Trinajstić information content (AvgIpc) is 2.37. The van der Waals surface area contributed by atoms with Gasteiger partial charge in [0.15, 0.2) is 6.29 Å². The van der Waals surface area contributed by atoms with Crippen molar-refractivity contribution >= 4 is 6.29 Å². The smallest absolute Gasteiger partial charge is 0.150 e. The summed E-state index contributed by atoms with van der Waals surface area (Å²) in [7, 11) is 0. The number of hydrogen-bond donors (Lipinski definition) is 1. The van der Waals surface area contributed by atoms with E-state index in [1.165, 1.54) is 11.6 Å². The Hall–Kier alpha value is -1.90. The SMILES string of the molecule is C=C(C)C1CCC(C)=CC1c1c(F)cc(O)cc1C=O. The number of rotatable bonds is 3. The fourth-order valence-corrected chi connectivity index (χ4v) is 2.98. The van der Waals surface area contributed by atoms with E-state index in [1.807, 2.05) is 19.9 Å². The van der Waals surface area contributed by atoms with E-state index in [2.05, 4.69) is 6.58 Å². The fraction of sp³-hybridized carbons (Fsp3) is 0.353. The van der Waals surface area contributed by atoms with E-state index in [1.54, 1.807) is 0 Å². The maximum Gasteiger partial charge on any atom is 0.150 e. The minimum atomic E-state index is -0.533. The van der Waals surface area contributed by atoms with Crippen molar-refractivity contribution in [3.05, 3.63) is 52.9 Å². The Balaban J connectivity index is 2.60. The molecule has 106 valence electrons. The van der Waals surface area contributed by atoms with Crippen LogP contribution < -0.4 is 0 Å². The van der Waals surface area contributed by atoms with E-state index in [4.69, 9.17) is 0 Å². The van der Waals surface area contributed by atoms with Gasteiger partial charge in [-0.2, -0.15) is 0 Å². The van der Waals surface area contributed by atoms with Crippen LogP contribution in [0.1, 0.15) is 48.5 Å². The maximum absolute atomic E-state index is 14.3. The standard InChI is InChI=1S/C17H19FO2/c1-10(2)14-5-4-11(3)6-15(14)17-12(9-19)7-13(20)8-16(17)18/h6-9,14-15,20H,1,4-5H2,2-3H3. The minimum absolute atomic E-state index is 0.122. The molecule has 1 aromatic rings. The summed E-state index contributed by atoms with van der Waals surface area (Å²) in [6, 6.07) is 2.38. The molecule has 0 bridgehead atoms. The molecule has 0 aromatic heterocycles. The van der Waals surface area contributed by atoms with Crippen molar-refractivity contribution in [2.75, 3.05) is 0 Å². The Labute approximate surface area is 118 Å². The highest BCUT2D eigenvalue weighted by Gasteiger charge is 2.29. The Morgan fingerprint density at radius 1 is 1.50 bits per heavy atom. The quantitative estimate of drug-likeness (QED) is 0.657. The molecule has 0 amide bonds. The van der Waals surface area contributed by atoms with Crippen LogP contribution in [0.4, 0.5) is 4.39 Å². The molecule has 0 saturated carbocycles. The number of aldehydes is 1. The number of allylic oxidation sites excluding steroid dienone is 3. The van der Waals surface area contributed by atoms with Crippen LogP contribution in [0.5, 0.6) is 5.75 Å². The van der Waals surface area contributed by atoms with Crippen LogP contribution in [0.25, 0.3) is 0 Å². The fourth-order valence-electron chi connectivity index (χ4n) is 2.98. The molecule has 20 heavy (non-hydrogen) atoms. The van der Waals surface area contributed by atoms with Crippen molar-refractivity contribution in [1.82, 2.24) is 0 Å². The largest absolute Gasteiger partial charge is 0.508 e. The lowest BCUT2D eigenvalue weighted by Gasteiger charge is -2.31. The van der Waals surface area contributed by atoms with Crippen molar-refractivity contribution in [3.63, 3.8) is 0 Å². The summed E-state index contributed by atoms with van der Waals surface area (Å²) in [4.78, 5) is 11.2. The van der Waals surface area contributed by atoms with Crippen LogP contribution in [-0.2, 0) is 0 Å². The first-order valence-electron chi connectivity index (χ1n) is 6.74. The van der Waals surface area contributed by atoms with Crippen molar-refractivity contribution < 1.29 is 14.3 Å². The van der Waals surface area contributed by atoms with Crippen LogP contribution in [-0.4, -0.2) is 11.4 Å². The molecule has 2 atom stereocenters. The Morgan fingerprint density at radius 3 is 2.80 bits per heavy atom. The molecule has 0 saturated heterocycles. The number of phenolic OH excluding ortho intramolecular Hbond substituents is 1. The predicted octanol–water partition coefficient (Wildman–Crippen LogP) is 4.36. The maximum atomic E-state index is 14.3. The number of benzene rings is 1. The molecule has 3 heteroatoms. The second kappa shape index (κ2) is 5.61. The third-order valence-electron chi connectivity index (χ3n) is 3.99. The number of phenols is 1. The molecule has 0 aliphatic heterocycles. The summed E-state index contributed by atoms with van der Waals surface area (Å²) in [5.41, 5.74) is 2.76. The summed E-state index contributed by atoms with van der Waals surface area (Å²) in [5.74, 6) is -0.829. The van der Waals surface area contributed by atoms with E-state index in [0.717, 1.165) is 24.5 Å². The molecule has 0 spiro atoms. The molecule has 0 radical (unpaired) electrons. The van der Waals surface area contributed by atoms with Crippen LogP contribution in [0.3, 0.4) is 0 Å². The zero-order chi connectivity index (χ0) is 14.9. The van der Waals surface area contributed by atoms with Gasteiger partial charge in [0, 0.05) is 23.1 Å². The van der Waals surface area contributed by atoms with Gasteiger partial charge < -0.3 is 5.11 Å². The molecule has 0 fully saturated rings. The highest BCUT2D eigenvalue weighted by atomic mass is 19.1. The van der Waals surface area contributed by atoms with Gasteiger partial charge >= 0.3 is 0 Å². The third kappa shape index (κ3) is 2.67. The van der Waals surface area contributed by atoms with Crippen molar-refractivity contribution in [2.45, 2.75) is 32.6 Å². The van der Waals surface area contributed by atoms with E-state index in [9.17, 15) is 14.3 Å². The molecule has 2 unspecified atom stereocenters. The lowest BCUT2D eigenvalue weighted by atomic mass is 9.73. The summed E-state index contributed by atoms with van der Waals surface area (Å²) >= 11 is 0.